The Morgan fingerprint density at radius 2 is 2.33 bits per heavy atom. The molecular weight excluding hydrogens is 239 g/mol. The minimum Gasteiger partial charge on any atom is -0.310 e. The highest BCUT2D eigenvalue weighted by Crippen LogP contribution is 2.23. The van der Waals surface area contributed by atoms with Gasteiger partial charge >= 0.3 is 0 Å². The van der Waals surface area contributed by atoms with E-state index in [-0.39, 0.29) is 12.4 Å². The molecule has 0 radical (unpaired) electrons. The maximum atomic E-state index is 4.07. The third-order valence-electron chi connectivity index (χ3n) is 1.98. The Bertz CT molecular complexity index is 263. The molecule has 0 saturated carbocycles. The van der Waals surface area contributed by atoms with E-state index in [1.165, 1.54) is 12.0 Å². The first-order valence-corrected chi connectivity index (χ1v) is 4.50. The molecule has 1 fully saturated rings. The van der Waals surface area contributed by atoms with Crippen LogP contribution in [0.4, 0.5) is 0 Å². The summed E-state index contributed by atoms with van der Waals surface area (Å²) in [4.78, 5) is 4.07. The van der Waals surface area contributed by atoms with Crippen molar-refractivity contribution in [1.29, 1.82) is 0 Å². The molecule has 0 unspecified atom stereocenters. The standard InChI is InChI=1S/C8H9BrN2.ClH/c9-8-5-6(1-3-11-8)7-2-4-10-7;/h1,3,5,7,10H,2,4H2;1H/t7-;/m1./s1. The van der Waals surface area contributed by atoms with E-state index in [1.807, 2.05) is 6.20 Å². The third-order valence-corrected chi connectivity index (χ3v) is 2.41. The lowest BCUT2D eigenvalue weighted by Crippen LogP contribution is -2.34. The van der Waals surface area contributed by atoms with Crippen LogP contribution in [0, 0.1) is 0 Å². The van der Waals surface area contributed by atoms with Crippen molar-refractivity contribution in [2.45, 2.75) is 12.5 Å². The van der Waals surface area contributed by atoms with Crippen molar-refractivity contribution >= 4 is 28.3 Å². The van der Waals surface area contributed by atoms with Gasteiger partial charge in [0.15, 0.2) is 0 Å². The number of nitrogens with one attached hydrogen (secondary N) is 1. The number of hydrogen-bond donors (Lipinski definition) is 1. The molecule has 1 aromatic heterocycles. The Morgan fingerprint density at radius 3 is 2.83 bits per heavy atom. The topological polar surface area (TPSA) is 24.9 Å². The normalized spacial score (nSPS) is 20.9. The largest absolute Gasteiger partial charge is 0.310 e. The fourth-order valence-electron chi connectivity index (χ4n) is 1.21. The molecule has 12 heavy (non-hydrogen) atoms. The molecular formula is C8H10BrClN2. The van der Waals surface area contributed by atoms with Crippen LogP contribution in [0.3, 0.4) is 0 Å². The van der Waals surface area contributed by atoms with Crippen molar-refractivity contribution < 1.29 is 0 Å². The minimum atomic E-state index is 0. The summed E-state index contributed by atoms with van der Waals surface area (Å²) in [5, 5.41) is 3.34. The predicted molar refractivity (Wildman–Crippen MR) is 54.5 cm³/mol. The van der Waals surface area contributed by atoms with Crippen LogP contribution in [0.5, 0.6) is 0 Å². The second kappa shape index (κ2) is 4.21. The van der Waals surface area contributed by atoms with Crippen molar-refractivity contribution in [1.82, 2.24) is 10.3 Å². The fourth-order valence-corrected chi connectivity index (χ4v) is 1.59. The first-order valence-electron chi connectivity index (χ1n) is 3.71. The van der Waals surface area contributed by atoms with E-state index < -0.39 is 0 Å². The predicted octanol–water partition coefficient (Wildman–Crippen LogP) is 2.30. The van der Waals surface area contributed by atoms with Gasteiger partial charge in [-0.15, -0.1) is 12.4 Å². The summed E-state index contributed by atoms with van der Waals surface area (Å²) in [7, 11) is 0. The summed E-state index contributed by atoms with van der Waals surface area (Å²) in [5.74, 6) is 0. The van der Waals surface area contributed by atoms with Crippen molar-refractivity contribution in [3.8, 4) is 0 Å². The molecule has 4 heteroatoms. The monoisotopic (exact) mass is 248 g/mol. The highest BCUT2D eigenvalue weighted by molar-refractivity contribution is 9.10. The average Bonchev–Trinajstić information content (AvgIpc) is 1.83. The van der Waals surface area contributed by atoms with Gasteiger partial charge in [-0.3, -0.25) is 0 Å². The molecule has 1 atom stereocenters. The number of hydrogen-bond acceptors (Lipinski definition) is 2. The van der Waals surface area contributed by atoms with Crippen LogP contribution < -0.4 is 5.32 Å². The van der Waals surface area contributed by atoms with Crippen molar-refractivity contribution in [3.05, 3.63) is 28.5 Å². The zero-order valence-corrected chi connectivity index (χ0v) is 8.86. The Morgan fingerprint density at radius 1 is 1.58 bits per heavy atom. The van der Waals surface area contributed by atoms with Gasteiger partial charge in [0.1, 0.15) is 4.60 Å². The van der Waals surface area contributed by atoms with E-state index in [0.717, 1.165) is 11.1 Å². The zero-order chi connectivity index (χ0) is 7.68. The number of halogens is 2. The molecule has 1 aliphatic heterocycles. The van der Waals surface area contributed by atoms with Gasteiger partial charge in [0, 0.05) is 12.2 Å². The molecule has 2 heterocycles. The quantitative estimate of drug-likeness (QED) is 0.773. The Labute approximate surface area is 86.3 Å². The van der Waals surface area contributed by atoms with Crippen LogP contribution in [-0.4, -0.2) is 11.5 Å². The van der Waals surface area contributed by atoms with Gasteiger partial charge in [-0.25, -0.2) is 4.98 Å². The molecule has 0 bridgehead atoms. The maximum Gasteiger partial charge on any atom is 0.106 e. The van der Waals surface area contributed by atoms with Gasteiger partial charge < -0.3 is 5.32 Å². The van der Waals surface area contributed by atoms with Crippen molar-refractivity contribution in [2.24, 2.45) is 0 Å². The lowest BCUT2D eigenvalue weighted by molar-refractivity contribution is 0.383. The molecule has 1 saturated heterocycles. The van der Waals surface area contributed by atoms with Gasteiger partial charge in [0.05, 0.1) is 0 Å². The molecule has 2 nitrogen and oxygen atoms in total. The summed E-state index contributed by atoms with van der Waals surface area (Å²) in [5.41, 5.74) is 1.33. The van der Waals surface area contributed by atoms with Crippen molar-refractivity contribution in [2.75, 3.05) is 6.54 Å². The van der Waals surface area contributed by atoms with Crippen LogP contribution >= 0.6 is 28.3 Å². The molecule has 0 aliphatic carbocycles. The average molecular weight is 250 g/mol. The summed E-state index contributed by atoms with van der Waals surface area (Å²) < 4.78 is 0.920. The summed E-state index contributed by atoms with van der Waals surface area (Å²) in [6, 6.07) is 4.69. The molecule has 1 N–H and O–H groups in total. The molecule has 1 aromatic rings. The Hall–Kier alpha value is -0.120. The van der Waals surface area contributed by atoms with Crippen LogP contribution in [0.2, 0.25) is 0 Å². The molecule has 66 valence electrons. The number of pyridine rings is 1. The zero-order valence-electron chi connectivity index (χ0n) is 6.46. The van der Waals surface area contributed by atoms with Gasteiger partial charge in [-0.2, -0.15) is 0 Å². The van der Waals surface area contributed by atoms with Crippen LogP contribution in [-0.2, 0) is 0 Å². The second-order valence-corrected chi connectivity index (χ2v) is 3.52. The van der Waals surface area contributed by atoms with E-state index >= 15 is 0 Å². The molecule has 2 rings (SSSR count). The smallest absolute Gasteiger partial charge is 0.106 e. The van der Waals surface area contributed by atoms with Gasteiger partial charge in [0.2, 0.25) is 0 Å². The Balaban J connectivity index is 0.000000720. The first kappa shape index (κ1) is 9.96. The molecule has 0 aromatic carbocycles. The van der Waals surface area contributed by atoms with Gasteiger partial charge in [-0.05, 0) is 46.6 Å². The van der Waals surface area contributed by atoms with Crippen LogP contribution in [0.15, 0.2) is 22.9 Å². The van der Waals surface area contributed by atoms with E-state index in [9.17, 15) is 0 Å². The first-order chi connectivity index (χ1) is 5.36. The fraction of sp³-hybridized carbons (Fsp3) is 0.375. The summed E-state index contributed by atoms with van der Waals surface area (Å²) >= 11 is 3.34. The SMILES string of the molecule is Brc1cc([C@H]2CCN2)ccn1.Cl. The van der Waals surface area contributed by atoms with E-state index in [4.69, 9.17) is 0 Å². The lowest BCUT2D eigenvalue weighted by atomic mass is 9.99. The second-order valence-electron chi connectivity index (χ2n) is 2.71. The van der Waals surface area contributed by atoms with Gasteiger partial charge in [-0.1, -0.05) is 0 Å². The highest BCUT2D eigenvalue weighted by atomic mass is 79.9. The van der Waals surface area contributed by atoms with Crippen LogP contribution in [0.25, 0.3) is 0 Å². The van der Waals surface area contributed by atoms with E-state index in [2.05, 4.69) is 38.4 Å². The maximum absolute atomic E-state index is 4.07. The number of aromatic nitrogens is 1. The minimum absolute atomic E-state index is 0. The van der Waals surface area contributed by atoms with E-state index in [0.29, 0.717) is 6.04 Å². The Kier molecular flexibility index (Phi) is 3.50. The third kappa shape index (κ3) is 1.97. The van der Waals surface area contributed by atoms with Crippen LogP contribution in [0.1, 0.15) is 18.0 Å². The lowest BCUT2D eigenvalue weighted by Gasteiger charge is -2.27. The number of rotatable bonds is 1. The molecule has 0 amide bonds. The number of nitrogens with zero attached hydrogens (tertiary/aromatic N) is 1. The molecule has 1 aliphatic rings. The van der Waals surface area contributed by atoms with E-state index in [1.54, 1.807) is 0 Å². The molecule has 0 spiro atoms. The van der Waals surface area contributed by atoms with Crippen molar-refractivity contribution in [3.63, 3.8) is 0 Å². The summed E-state index contributed by atoms with van der Waals surface area (Å²) in [6.45, 7) is 1.14. The summed E-state index contributed by atoms with van der Waals surface area (Å²) in [6.07, 6.45) is 3.08. The van der Waals surface area contributed by atoms with Gasteiger partial charge in [0.25, 0.3) is 0 Å². The highest BCUT2D eigenvalue weighted by Gasteiger charge is 2.17.